The highest BCUT2D eigenvalue weighted by molar-refractivity contribution is 9.10. The van der Waals surface area contributed by atoms with Gasteiger partial charge in [-0.3, -0.25) is 4.79 Å². The summed E-state index contributed by atoms with van der Waals surface area (Å²) < 4.78 is 0.874. The Morgan fingerprint density at radius 3 is 3.06 bits per heavy atom. The zero-order chi connectivity index (χ0) is 12.8. The van der Waals surface area contributed by atoms with Crippen LogP contribution in [0.5, 0.6) is 0 Å². The molecular formula is C13H16BrN3O. The normalized spacial score (nSPS) is 15.1. The number of aromatic nitrogens is 1. The Morgan fingerprint density at radius 1 is 1.50 bits per heavy atom. The van der Waals surface area contributed by atoms with Crippen molar-refractivity contribution in [2.24, 2.45) is 0 Å². The van der Waals surface area contributed by atoms with Gasteiger partial charge >= 0.3 is 0 Å². The predicted octanol–water partition coefficient (Wildman–Crippen LogP) is 1.88. The van der Waals surface area contributed by atoms with Gasteiger partial charge < -0.3 is 10.6 Å². The van der Waals surface area contributed by atoms with Crippen LogP contribution in [0.2, 0.25) is 0 Å². The largest absolute Gasteiger partial charge is 0.350 e. The van der Waals surface area contributed by atoms with E-state index in [2.05, 4.69) is 37.6 Å². The fourth-order valence-corrected chi connectivity index (χ4v) is 2.07. The first-order valence-electron chi connectivity index (χ1n) is 6.04. The molecule has 1 aliphatic rings. The van der Waals surface area contributed by atoms with Crippen molar-refractivity contribution in [3.63, 3.8) is 0 Å². The zero-order valence-corrected chi connectivity index (χ0v) is 11.7. The molecule has 1 aromatic rings. The van der Waals surface area contributed by atoms with E-state index in [0.29, 0.717) is 12.2 Å². The van der Waals surface area contributed by atoms with Crippen LogP contribution in [0.1, 0.15) is 23.3 Å². The molecule has 0 saturated heterocycles. The summed E-state index contributed by atoms with van der Waals surface area (Å²) >= 11 is 3.29. The topological polar surface area (TPSA) is 54.0 Å². The van der Waals surface area contributed by atoms with Crippen molar-refractivity contribution in [1.82, 2.24) is 15.6 Å². The van der Waals surface area contributed by atoms with Crippen LogP contribution in [0.15, 0.2) is 34.5 Å². The van der Waals surface area contributed by atoms with Gasteiger partial charge in [0.2, 0.25) is 0 Å². The fraction of sp³-hybridized carbons (Fsp3) is 0.385. The number of halogens is 1. The smallest absolute Gasteiger partial charge is 0.269 e. The fourth-order valence-electron chi connectivity index (χ4n) is 1.83. The minimum absolute atomic E-state index is 0.114. The maximum absolute atomic E-state index is 11.8. The van der Waals surface area contributed by atoms with Crippen LogP contribution in [0.3, 0.4) is 0 Å². The van der Waals surface area contributed by atoms with Gasteiger partial charge in [0.05, 0.1) is 0 Å². The second-order valence-electron chi connectivity index (χ2n) is 4.18. The van der Waals surface area contributed by atoms with E-state index >= 15 is 0 Å². The van der Waals surface area contributed by atoms with Gasteiger partial charge in [-0.2, -0.15) is 0 Å². The SMILES string of the molecule is O=C(NCCC1=CCNCC1)c1ccc(Br)cn1. The number of pyridine rings is 1. The average molecular weight is 310 g/mol. The third-order valence-electron chi connectivity index (χ3n) is 2.85. The van der Waals surface area contributed by atoms with Crippen molar-refractivity contribution in [2.75, 3.05) is 19.6 Å². The average Bonchev–Trinajstić information content (AvgIpc) is 2.40. The molecule has 2 heterocycles. The van der Waals surface area contributed by atoms with E-state index < -0.39 is 0 Å². The molecule has 2 rings (SSSR count). The molecule has 0 aromatic carbocycles. The molecule has 0 aliphatic carbocycles. The molecule has 0 radical (unpaired) electrons. The van der Waals surface area contributed by atoms with Gasteiger partial charge in [0.25, 0.3) is 5.91 Å². The molecule has 1 aromatic heterocycles. The number of carbonyl (C=O) groups is 1. The third-order valence-corrected chi connectivity index (χ3v) is 3.32. The molecule has 1 amide bonds. The molecule has 0 bridgehead atoms. The third kappa shape index (κ3) is 3.92. The Bertz CT molecular complexity index is 442. The van der Waals surface area contributed by atoms with Crippen LogP contribution in [0, 0.1) is 0 Å². The van der Waals surface area contributed by atoms with E-state index in [1.807, 2.05) is 6.07 Å². The monoisotopic (exact) mass is 309 g/mol. The summed E-state index contributed by atoms with van der Waals surface area (Å²) in [6.07, 6.45) is 5.83. The molecule has 1 aliphatic heterocycles. The van der Waals surface area contributed by atoms with Crippen molar-refractivity contribution in [3.05, 3.63) is 40.1 Å². The van der Waals surface area contributed by atoms with Gasteiger partial charge in [-0.15, -0.1) is 0 Å². The molecule has 18 heavy (non-hydrogen) atoms. The second-order valence-corrected chi connectivity index (χ2v) is 5.10. The zero-order valence-electron chi connectivity index (χ0n) is 10.1. The van der Waals surface area contributed by atoms with Crippen LogP contribution >= 0.6 is 15.9 Å². The lowest BCUT2D eigenvalue weighted by molar-refractivity contribution is 0.0949. The lowest BCUT2D eigenvalue weighted by Crippen LogP contribution is -2.27. The number of hydrogen-bond donors (Lipinski definition) is 2. The summed E-state index contributed by atoms with van der Waals surface area (Å²) in [5.41, 5.74) is 1.87. The van der Waals surface area contributed by atoms with E-state index in [0.717, 1.165) is 30.4 Å². The first-order valence-corrected chi connectivity index (χ1v) is 6.83. The molecule has 0 fully saturated rings. The van der Waals surface area contributed by atoms with Crippen molar-refractivity contribution >= 4 is 21.8 Å². The number of hydrogen-bond acceptors (Lipinski definition) is 3. The van der Waals surface area contributed by atoms with E-state index in [9.17, 15) is 4.79 Å². The Hall–Kier alpha value is -1.20. The molecule has 0 atom stereocenters. The van der Waals surface area contributed by atoms with E-state index in [4.69, 9.17) is 0 Å². The highest BCUT2D eigenvalue weighted by atomic mass is 79.9. The Morgan fingerprint density at radius 2 is 2.39 bits per heavy atom. The molecule has 0 unspecified atom stereocenters. The van der Waals surface area contributed by atoms with Gasteiger partial charge in [0.15, 0.2) is 0 Å². The van der Waals surface area contributed by atoms with Crippen molar-refractivity contribution in [1.29, 1.82) is 0 Å². The highest BCUT2D eigenvalue weighted by Crippen LogP contribution is 2.09. The number of rotatable bonds is 4. The predicted molar refractivity (Wildman–Crippen MR) is 74.5 cm³/mol. The summed E-state index contributed by atoms with van der Waals surface area (Å²) in [4.78, 5) is 15.8. The first kappa shape index (κ1) is 13.2. The summed E-state index contributed by atoms with van der Waals surface area (Å²) in [6.45, 7) is 2.65. The van der Waals surface area contributed by atoms with Crippen LogP contribution in [-0.4, -0.2) is 30.5 Å². The molecule has 5 heteroatoms. The minimum atomic E-state index is -0.114. The molecule has 96 valence electrons. The number of amides is 1. The summed E-state index contributed by atoms with van der Waals surface area (Å²) in [6, 6.07) is 3.53. The van der Waals surface area contributed by atoms with Crippen molar-refractivity contribution in [3.8, 4) is 0 Å². The van der Waals surface area contributed by atoms with Gasteiger partial charge in [0, 0.05) is 23.8 Å². The Kier molecular flexibility index (Phi) is 4.90. The standard InChI is InChI=1S/C13H16BrN3O/c14-11-1-2-12(17-9-11)13(18)16-8-5-10-3-6-15-7-4-10/h1-3,9,15H,4-8H2,(H,16,18). The lowest BCUT2D eigenvalue weighted by atomic mass is 10.1. The molecule has 4 nitrogen and oxygen atoms in total. The summed E-state index contributed by atoms with van der Waals surface area (Å²) in [5, 5.41) is 6.15. The molecule has 0 saturated carbocycles. The molecular weight excluding hydrogens is 294 g/mol. The second kappa shape index (κ2) is 6.66. The molecule has 2 N–H and O–H groups in total. The van der Waals surface area contributed by atoms with E-state index in [1.165, 1.54) is 5.57 Å². The van der Waals surface area contributed by atoms with Crippen LogP contribution < -0.4 is 10.6 Å². The van der Waals surface area contributed by atoms with E-state index in [-0.39, 0.29) is 5.91 Å². The van der Waals surface area contributed by atoms with Gasteiger partial charge in [0.1, 0.15) is 5.69 Å². The Balaban J connectivity index is 1.78. The number of carbonyl (C=O) groups excluding carboxylic acids is 1. The van der Waals surface area contributed by atoms with Gasteiger partial charge in [-0.25, -0.2) is 4.98 Å². The van der Waals surface area contributed by atoms with Crippen LogP contribution in [-0.2, 0) is 0 Å². The Labute approximate surface area is 115 Å². The van der Waals surface area contributed by atoms with Crippen molar-refractivity contribution < 1.29 is 4.79 Å². The van der Waals surface area contributed by atoms with Crippen molar-refractivity contribution in [2.45, 2.75) is 12.8 Å². The van der Waals surface area contributed by atoms with Crippen LogP contribution in [0.4, 0.5) is 0 Å². The van der Waals surface area contributed by atoms with E-state index in [1.54, 1.807) is 12.3 Å². The lowest BCUT2D eigenvalue weighted by Gasteiger charge is -2.14. The molecule has 0 spiro atoms. The summed E-state index contributed by atoms with van der Waals surface area (Å²) in [5.74, 6) is -0.114. The number of nitrogens with one attached hydrogen (secondary N) is 2. The maximum atomic E-state index is 11.8. The van der Waals surface area contributed by atoms with Crippen LogP contribution in [0.25, 0.3) is 0 Å². The van der Waals surface area contributed by atoms with Gasteiger partial charge in [-0.1, -0.05) is 11.6 Å². The summed E-state index contributed by atoms with van der Waals surface area (Å²) in [7, 11) is 0. The number of nitrogens with zero attached hydrogens (tertiary/aromatic N) is 1. The highest BCUT2D eigenvalue weighted by Gasteiger charge is 2.07. The quantitative estimate of drug-likeness (QED) is 0.835. The maximum Gasteiger partial charge on any atom is 0.269 e. The minimum Gasteiger partial charge on any atom is -0.350 e. The van der Waals surface area contributed by atoms with Gasteiger partial charge in [-0.05, 0) is 47.4 Å². The first-order chi connectivity index (χ1) is 8.75.